The Labute approximate surface area is 122 Å². The lowest BCUT2D eigenvalue weighted by Crippen LogP contribution is -2.31. The number of hydrogen-bond acceptors (Lipinski definition) is 3. The molecular formula is C16H17FN2O2. The molecule has 1 unspecified atom stereocenters. The van der Waals surface area contributed by atoms with E-state index in [4.69, 9.17) is 0 Å². The van der Waals surface area contributed by atoms with E-state index >= 15 is 0 Å². The van der Waals surface area contributed by atoms with E-state index in [1.165, 1.54) is 6.07 Å². The van der Waals surface area contributed by atoms with Gasteiger partial charge in [0.15, 0.2) is 0 Å². The number of aliphatic carboxylic acids is 1. The van der Waals surface area contributed by atoms with Crippen LogP contribution >= 0.6 is 0 Å². The number of carboxylic acid groups (broad SMARTS) is 1. The highest BCUT2D eigenvalue weighted by atomic mass is 19.1. The number of hydrogen-bond donors (Lipinski definition) is 1. The Balaban J connectivity index is 1.87. The lowest BCUT2D eigenvalue weighted by molar-refractivity contribution is -0.147. The van der Waals surface area contributed by atoms with Crippen LogP contribution in [0.2, 0.25) is 0 Å². The Bertz CT molecular complexity index is 704. The smallest absolute Gasteiger partial charge is 0.310 e. The van der Waals surface area contributed by atoms with E-state index < -0.39 is 11.4 Å². The van der Waals surface area contributed by atoms with Crippen LogP contribution in [0.3, 0.4) is 0 Å². The van der Waals surface area contributed by atoms with Crippen molar-refractivity contribution in [1.29, 1.82) is 0 Å². The summed E-state index contributed by atoms with van der Waals surface area (Å²) >= 11 is 0. The van der Waals surface area contributed by atoms with Crippen molar-refractivity contribution in [2.75, 3.05) is 13.1 Å². The van der Waals surface area contributed by atoms with Gasteiger partial charge in [-0.15, -0.1) is 0 Å². The topological polar surface area (TPSA) is 53.4 Å². The lowest BCUT2D eigenvalue weighted by Gasteiger charge is -2.20. The monoisotopic (exact) mass is 288 g/mol. The molecule has 1 atom stereocenters. The molecule has 1 aromatic carbocycles. The fraction of sp³-hybridized carbons (Fsp3) is 0.375. The van der Waals surface area contributed by atoms with Crippen LogP contribution in [0.4, 0.5) is 4.39 Å². The highest BCUT2D eigenvalue weighted by Gasteiger charge is 2.40. The molecule has 1 saturated heterocycles. The highest BCUT2D eigenvalue weighted by molar-refractivity contribution is 5.82. The van der Waals surface area contributed by atoms with Crippen molar-refractivity contribution < 1.29 is 14.3 Å². The van der Waals surface area contributed by atoms with E-state index in [1.807, 2.05) is 0 Å². The van der Waals surface area contributed by atoms with Gasteiger partial charge in [-0.2, -0.15) is 0 Å². The minimum Gasteiger partial charge on any atom is -0.481 e. The van der Waals surface area contributed by atoms with Crippen molar-refractivity contribution >= 4 is 16.9 Å². The molecule has 2 heterocycles. The van der Waals surface area contributed by atoms with Crippen LogP contribution in [0.25, 0.3) is 10.9 Å². The van der Waals surface area contributed by atoms with E-state index in [1.54, 1.807) is 31.3 Å². The molecule has 0 bridgehead atoms. The number of halogens is 1. The minimum absolute atomic E-state index is 0.279. The van der Waals surface area contributed by atoms with Gasteiger partial charge in [-0.1, -0.05) is 6.07 Å². The molecule has 0 aliphatic carbocycles. The first-order valence-electron chi connectivity index (χ1n) is 6.97. The highest BCUT2D eigenvalue weighted by Crippen LogP contribution is 2.32. The summed E-state index contributed by atoms with van der Waals surface area (Å²) in [5, 5.41) is 9.79. The maximum absolute atomic E-state index is 13.8. The second-order valence-corrected chi connectivity index (χ2v) is 5.93. The number of carboxylic acids is 1. The molecule has 0 amide bonds. The van der Waals surface area contributed by atoms with Gasteiger partial charge >= 0.3 is 5.97 Å². The molecular weight excluding hydrogens is 271 g/mol. The third-order valence-electron chi connectivity index (χ3n) is 4.26. The van der Waals surface area contributed by atoms with Crippen molar-refractivity contribution in [2.24, 2.45) is 5.41 Å². The molecule has 4 nitrogen and oxygen atoms in total. The quantitative estimate of drug-likeness (QED) is 0.943. The maximum Gasteiger partial charge on any atom is 0.310 e. The number of nitrogens with zero attached hydrogens (tertiary/aromatic N) is 2. The average molecular weight is 288 g/mol. The first-order chi connectivity index (χ1) is 9.99. The molecule has 2 aromatic rings. The first kappa shape index (κ1) is 13.9. The largest absolute Gasteiger partial charge is 0.481 e. The fourth-order valence-electron chi connectivity index (χ4n) is 2.93. The second kappa shape index (κ2) is 5.07. The Hall–Kier alpha value is -2.01. The molecule has 1 aliphatic heterocycles. The molecule has 0 spiro atoms. The van der Waals surface area contributed by atoms with Gasteiger partial charge in [0, 0.05) is 24.7 Å². The summed E-state index contributed by atoms with van der Waals surface area (Å²) in [6, 6.07) is 6.62. The Morgan fingerprint density at radius 1 is 1.48 bits per heavy atom. The number of fused-ring (bicyclic) bond motifs is 1. The fourth-order valence-corrected chi connectivity index (χ4v) is 2.93. The maximum atomic E-state index is 13.8. The number of carbonyl (C=O) groups is 1. The van der Waals surface area contributed by atoms with Crippen LogP contribution in [-0.2, 0) is 11.3 Å². The van der Waals surface area contributed by atoms with Crippen molar-refractivity contribution in [3.8, 4) is 0 Å². The molecule has 1 fully saturated rings. The zero-order chi connectivity index (χ0) is 15.0. The van der Waals surface area contributed by atoms with Crippen molar-refractivity contribution in [1.82, 2.24) is 9.88 Å². The van der Waals surface area contributed by atoms with E-state index in [2.05, 4.69) is 9.88 Å². The molecule has 1 N–H and O–H groups in total. The van der Waals surface area contributed by atoms with Gasteiger partial charge in [0.1, 0.15) is 5.82 Å². The summed E-state index contributed by atoms with van der Waals surface area (Å²) in [6.07, 6.45) is 2.28. The Morgan fingerprint density at radius 3 is 3.00 bits per heavy atom. The standard InChI is InChI=1S/C16H17FN2O2/c1-16(15(20)21)6-8-19(10-16)9-11-4-5-13(17)12-3-2-7-18-14(11)12/h2-5,7H,6,8-10H2,1H3,(H,20,21). The molecule has 5 heteroatoms. The second-order valence-electron chi connectivity index (χ2n) is 5.93. The predicted octanol–water partition coefficient (Wildman–Crippen LogP) is 2.67. The summed E-state index contributed by atoms with van der Waals surface area (Å²) in [4.78, 5) is 17.7. The van der Waals surface area contributed by atoms with Gasteiger partial charge in [0.25, 0.3) is 0 Å². The molecule has 0 radical (unpaired) electrons. The summed E-state index contributed by atoms with van der Waals surface area (Å²) in [5.74, 6) is -1.04. The van der Waals surface area contributed by atoms with Gasteiger partial charge in [-0.25, -0.2) is 4.39 Å². The molecule has 1 aromatic heterocycles. The van der Waals surface area contributed by atoms with Crippen molar-refractivity contribution in [3.63, 3.8) is 0 Å². The number of aromatic nitrogens is 1. The van der Waals surface area contributed by atoms with E-state index in [-0.39, 0.29) is 5.82 Å². The number of benzene rings is 1. The summed E-state index contributed by atoms with van der Waals surface area (Å²) < 4.78 is 13.8. The molecule has 1 aliphatic rings. The SMILES string of the molecule is CC1(C(=O)O)CCN(Cc2ccc(F)c3cccnc23)C1. The van der Waals surface area contributed by atoms with Crippen molar-refractivity contribution in [3.05, 3.63) is 41.8 Å². The molecule has 110 valence electrons. The van der Waals surface area contributed by atoms with Crippen LogP contribution < -0.4 is 0 Å². The van der Waals surface area contributed by atoms with E-state index in [0.717, 1.165) is 12.1 Å². The van der Waals surface area contributed by atoms with Crippen molar-refractivity contribution in [2.45, 2.75) is 19.9 Å². The van der Waals surface area contributed by atoms with Gasteiger partial charge in [-0.3, -0.25) is 14.7 Å². The molecule has 0 saturated carbocycles. The van der Waals surface area contributed by atoms with E-state index in [0.29, 0.717) is 30.4 Å². The Kier molecular flexibility index (Phi) is 3.37. The van der Waals surface area contributed by atoms with Gasteiger partial charge in [0.2, 0.25) is 0 Å². The summed E-state index contributed by atoms with van der Waals surface area (Å²) in [6.45, 7) is 3.61. The minimum atomic E-state index is -0.757. The summed E-state index contributed by atoms with van der Waals surface area (Å²) in [5.41, 5.74) is 0.895. The van der Waals surface area contributed by atoms with Crippen LogP contribution in [0.1, 0.15) is 18.9 Å². The van der Waals surface area contributed by atoms with Gasteiger partial charge in [0.05, 0.1) is 10.9 Å². The Morgan fingerprint density at radius 2 is 2.29 bits per heavy atom. The third kappa shape index (κ3) is 2.49. The van der Waals surface area contributed by atoms with E-state index in [9.17, 15) is 14.3 Å². The molecule has 3 rings (SSSR count). The normalized spacial score (nSPS) is 22.8. The number of rotatable bonds is 3. The number of pyridine rings is 1. The lowest BCUT2D eigenvalue weighted by atomic mass is 9.90. The zero-order valence-electron chi connectivity index (χ0n) is 11.8. The summed E-state index contributed by atoms with van der Waals surface area (Å²) in [7, 11) is 0. The average Bonchev–Trinajstić information content (AvgIpc) is 2.85. The zero-order valence-corrected chi connectivity index (χ0v) is 11.8. The first-order valence-corrected chi connectivity index (χ1v) is 6.97. The molecule has 21 heavy (non-hydrogen) atoms. The van der Waals surface area contributed by atoms with Crippen LogP contribution in [0.15, 0.2) is 30.5 Å². The number of likely N-dealkylation sites (tertiary alicyclic amines) is 1. The van der Waals surface area contributed by atoms with Gasteiger partial charge in [-0.05, 0) is 43.7 Å². The van der Waals surface area contributed by atoms with Crippen LogP contribution in [0, 0.1) is 11.2 Å². The van der Waals surface area contributed by atoms with Gasteiger partial charge < -0.3 is 5.11 Å². The third-order valence-corrected chi connectivity index (χ3v) is 4.26. The predicted molar refractivity (Wildman–Crippen MR) is 77.3 cm³/mol. The van der Waals surface area contributed by atoms with Crippen LogP contribution in [-0.4, -0.2) is 34.0 Å². The van der Waals surface area contributed by atoms with Crippen LogP contribution in [0.5, 0.6) is 0 Å².